The Hall–Kier alpha value is -1.41. The van der Waals surface area contributed by atoms with Gasteiger partial charge in [-0.05, 0) is 57.4 Å². The largest absolute Gasteiger partial charge is 0.396 e. The SMILES string of the molecule is CC/C=C\CCC/C=C1/C(=O)C=CC1(C)C/C=C\CCCCO. The predicted octanol–water partition coefficient (Wildman–Crippen LogP) is 5.30. The quantitative estimate of drug-likeness (QED) is 0.319. The molecule has 1 aliphatic rings. The summed E-state index contributed by atoms with van der Waals surface area (Å²) in [5.74, 6) is 0.172. The van der Waals surface area contributed by atoms with Crippen molar-refractivity contribution in [2.75, 3.05) is 6.61 Å². The first-order chi connectivity index (χ1) is 11.1. The number of rotatable bonds is 11. The Kier molecular flexibility index (Phi) is 9.54. The maximum absolute atomic E-state index is 12.1. The van der Waals surface area contributed by atoms with E-state index in [2.05, 4.69) is 50.3 Å². The molecule has 128 valence electrons. The third-order valence-corrected chi connectivity index (χ3v) is 4.30. The molecule has 1 aliphatic carbocycles. The number of aliphatic hydroxyl groups excluding tert-OH is 1. The number of carbonyl (C=O) groups is 1. The van der Waals surface area contributed by atoms with Gasteiger partial charge in [-0.3, -0.25) is 4.79 Å². The van der Waals surface area contributed by atoms with Gasteiger partial charge in [0.15, 0.2) is 5.78 Å². The van der Waals surface area contributed by atoms with Crippen molar-refractivity contribution >= 4 is 5.78 Å². The van der Waals surface area contributed by atoms with Gasteiger partial charge >= 0.3 is 0 Å². The molecule has 0 saturated heterocycles. The third kappa shape index (κ3) is 7.13. The number of allylic oxidation sites excluding steroid dienone is 8. The fraction of sp³-hybridized carbons (Fsp3) is 0.571. The van der Waals surface area contributed by atoms with E-state index in [0.717, 1.165) is 56.9 Å². The molecule has 0 amide bonds. The Morgan fingerprint density at radius 2 is 1.78 bits per heavy atom. The summed E-state index contributed by atoms with van der Waals surface area (Å²) in [7, 11) is 0. The van der Waals surface area contributed by atoms with Gasteiger partial charge in [0.05, 0.1) is 0 Å². The maximum Gasteiger partial charge on any atom is 0.182 e. The van der Waals surface area contributed by atoms with Gasteiger partial charge in [0, 0.05) is 17.6 Å². The van der Waals surface area contributed by atoms with Crippen LogP contribution >= 0.6 is 0 Å². The highest BCUT2D eigenvalue weighted by Crippen LogP contribution is 2.39. The minimum Gasteiger partial charge on any atom is -0.396 e. The second-order valence-electron chi connectivity index (χ2n) is 6.44. The van der Waals surface area contributed by atoms with Crippen LogP contribution in [0.3, 0.4) is 0 Å². The molecule has 1 rings (SSSR count). The lowest BCUT2D eigenvalue weighted by atomic mass is 9.81. The molecule has 1 unspecified atom stereocenters. The first-order valence-electron chi connectivity index (χ1n) is 8.99. The molecule has 0 aliphatic heterocycles. The zero-order chi connectivity index (χ0) is 17.0. The number of aliphatic hydroxyl groups is 1. The number of ketones is 1. The number of hydrogen-bond donors (Lipinski definition) is 1. The van der Waals surface area contributed by atoms with Crippen molar-refractivity contribution in [2.24, 2.45) is 5.41 Å². The Bertz CT molecular complexity index is 468. The molecule has 0 bridgehead atoms. The number of hydrogen-bond acceptors (Lipinski definition) is 2. The van der Waals surface area contributed by atoms with Gasteiger partial charge in [-0.25, -0.2) is 0 Å². The molecule has 2 heteroatoms. The van der Waals surface area contributed by atoms with Crippen LogP contribution in [0, 0.1) is 5.41 Å². The van der Waals surface area contributed by atoms with Crippen LogP contribution in [-0.4, -0.2) is 17.5 Å². The molecule has 0 fully saturated rings. The van der Waals surface area contributed by atoms with E-state index in [1.54, 1.807) is 6.08 Å². The van der Waals surface area contributed by atoms with Crippen LogP contribution in [0.2, 0.25) is 0 Å². The lowest BCUT2D eigenvalue weighted by Gasteiger charge is -2.22. The molecule has 23 heavy (non-hydrogen) atoms. The van der Waals surface area contributed by atoms with Crippen LogP contribution in [0.15, 0.2) is 48.1 Å². The summed E-state index contributed by atoms with van der Waals surface area (Å²) in [5, 5.41) is 8.77. The molecule has 1 atom stereocenters. The zero-order valence-corrected chi connectivity index (χ0v) is 14.8. The summed E-state index contributed by atoms with van der Waals surface area (Å²) in [6.45, 7) is 4.56. The van der Waals surface area contributed by atoms with Crippen LogP contribution in [0.5, 0.6) is 0 Å². The standard InChI is InChI=1S/C21H32O2/c1-3-4-5-6-8-11-14-19-20(23)15-17-21(19,2)16-12-9-7-10-13-18-22/h4-5,9,12,14-15,17,22H,3,6-8,10-11,13,16,18H2,1-2H3/b5-4-,12-9-,19-14-. The Balaban J connectivity index is 2.49. The normalized spacial score (nSPS) is 23.1. The van der Waals surface area contributed by atoms with E-state index in [1.165, 1.54) is 0 Å². The van der Waals surface area contributed by atoms with Gasteiger partial charge in [0.2, 0.25) is 0 Å². The van der Waals surface area contributed by atoms with Gasteiger partial charge in [0.25, 0.3) is 0 Å². The van der Waals surface area contributed by atoms with Crippen LogP contribution in [-0.2, 0) is 4.79 Å². The van der Waals surface area contributed by atoms with E-state index in [4.69, 9.17) is 5.11 Å². The fourth-order valence-electron chi connectivity index (χ4n) is 2.82. The van der Waals surface area contributed by atoms with E-state index in [9.17, 15) is 4.79 Å². The van der Waals surface area contributed by atoms with Crippen molar-refractivity contribution in [3.8, 4) is 0 Å². The summed E-state index contributed by atoms with van der Waals surface area (Å²) in [5.41, 5.74) is 0.807. The van der Waals surface area contributed by atoms with E-state index in [0.29, 0.717) is 0 Å². The van der Waals surface area contributed by atoms with Gasteiger partial charge in [-0.2, -0.15) is 0 Å². The lowest BCUT2D eigenvalue weighted by molar-refractivity contribution is -0.111. The fourth-order valence-corrected chi connectivity index (χ4v) is 2.82. The van der Waals surface area contributed by atoms with Gasteiger partial charge in [0.1, 0.15) is 0 Å². The second kappa shape index (κ2) is 11.2. The Labute approximate surface area is 141 Å². The van der Waals surface area contributed by atoms with E-state index >= 15 is 0 Å². The second-order valence-corrected chi connectivity index (χ2v) is 6.44. The molecule has 0 aromatic rings. The molecule has 0 aromatic carbocycles. The van der Waals surface area contributed by atoms with Crippen molar-refractivity contribution in [3.05, 3.63) is 48.1 Å². The lowest BCUT2D eigenvalue weighted by Crippen LogP contribution is -2.15. The molecular formula is C21H32O2. The summed E-state index contributed by atoms with van der Waals surface area (Å²) in [6, 6.07) is 0. The maximum atomic E-state index is 12.1. The number of carbonyl (C=O) groups excluding carboxylic acids is 1. The highest BCUT2D eigenvalue weighted by molar-refractivity contribution is 6.08. The van der Waals surface area contributed by atoms with Crippen molar-refractivity contribution in [3.63, 3.8) is 0 Å². The number of unbranched alkanes of at least 4 members (excludes halogenated alkanes) is 4. The third-order valence-electron chi connectivity index (χ3n) is 4.30. The summed E-state index contributed by atoms with van der Waals surface area (Å²) < 4.78 is 0. The minimum absolute atomic E-state index is 0.149. The summed E-state index contributed by atoms with van der Waals surface area (Å²) in [6.07, 6.45) is 22.7. The van der Waals surface area contributed by atoms with E-state index < -0.39 is 0 Å². The first kappa shape index (κ1) is 19.6. The molecule has 0 spiro atoms. The van der Waals surface area contributed by atoms with Crippen molar-refractivity contribution < 1.29 is 9.90 Å². The molecular weight excluding hydrogens is 284 g/mol. The minimum atomic E-state index is -0.149. The summed E-state index contributed by atoms with van der Waals surface area (Å²) >= 11 is 0. The van der Waals surface area contributed by atoms with Crippen molar-refractivity contribution in [1.82, 2.24) is 0 Å². The molecule has 0 saturated carbocycles. The molecule has 0 radical (unpaired) electrons. The molecule has 2 nitrogen and oxygen atoms in total. The van der Waals surface area contributed by atoms with Gasteiger partial charge in [-0.1, -0.05) is 50.3 Å². The highest BCUT2D eigenvalue weighted by Gasteiger charge is 2.33. The first-order valence-corrected chi connectivity index (χ1v) is 8.99. The Morgan fingerprint density at radius 3 is 2.52 bits per heavy atom. The van der Waals surface area contributed by atoms with Gasteiger partial charge < -0.3 is 5.11 Å². The predicted molar refractivity (Wildman–Crippen MR) is 98.3 cm³/mol. The van der Waals surface area contributed by atoms with Crippen LogP contribution < -0.4 is 0 Å². The zero-order valence-electron chi connectivity index (χ0n) is 14.8. The molecule has 0 aromatic heterocycles. The Morgan fingerprint density at radius 1 is 1.04 bits per heavy atom. The van der Waals surface area contributed by atoms with Crippen molar-refractivity contribution in [2.45, 2.75) is 65.2 Å². The smallest absolute Gasteiger partial charge is 0.182 e. The molecule has 0 heterocycles. The average molecular weight is 316 g/mol. The average Bonchev–Trinajstić information content (AvgIpc) is 2.82. The monoisotopic (exact) mass is 316 g/mol. The van der Waals surface area contributed by atoms with E-state index in [1.807, 2.05) is 0 Å². The van der Waals surface area contributed by atoms with Crippen LogP contribution in [0.4, 0.5) is 0 Å². The van der Waals surface area contributed by atoms with E-state index in [-0.39, 0.29) is 17.8 Å². The highest BCUT2D eigenvalue weighted by atomic mass is 16.2. The van der Waals surface area contributed by atoms with Crippen LogP contribution in [0.25, 0.3) is 0 Å². The topological polar surface area (TPSA) is 37.3 Å². The van der Waals surface area contributed by atoms with Crippen LogP contribution in [0.1, 0.15) is 65.2 Å². The summed E-state index contributed by atoms with van der Waals surface area (Å²) in [4.78, 5) is 12.1. The van der Waals surface area contributed by atoms with Crippen molar-refractivity contribution in [1.29, 1.82) is 0 Å². The molecule has 1 N–H and O–H groups in total. The van der Waals surface area contributed by atoms with Gasteiger partial charge in [-0.15, -0.1) is 0 Å².